The minimum atomic E-state index is -0.00102. The van der Waals surface area contributed by atoms with Gasteiger partial charge in [-0.3, -0.25) is 4.79 Å². The molecule has 19 nitrogen and oxygen atoms in total. The van der Waals surface area contributed by atoms with Crippen molar-refractivity contribution in [1.82, 2.24) is 19.9 Å². The van der Waals surface area contributed by atoms with Crippen LogP contribution in [0.15, 0.2) is 187 Å². The molecule has 17 rings (SSSR count). The Hall–Kier alpha value is -8.51. The van der Waals surface area contributed by atoms with Crippen LogP contribution in [-0.4, -0.2) is 142 Å². The quantitative estimate of drug-likeness (QED) is 0.0532. The van der Waals surface area contributed by atoms with E-state index < -0.39 is 0 Å². The van der Waals surface area contributed by atoms with E-state index in [0.29, 0.717) is 96.3 Å². The summed E-state index contributed by atoms with van der Waals surface area (Å²) in [5, 5.41) is 0.882. The molecule has 22 heteroatoms. The molecule has 0 aliphatic carbocycles. The van der Waals surface area contributed by atoms with Gasteiger partial charge in [0.1, 0.15) is 59.0 Å². The number of morpholine rings is 3. The monoisotopic (exact) mass is 1600 g/mol. The number of nitrogens with one attached hydrogen (secondary N) is 1. The van der Waals surface area contributed by atoms with Crippen LogP contribution in [0.5, 0.6) is 34.9 Å². The van der Waals surface area contributed by atoms with E-state index in [2.05, 4.69) is 141 Å². The van der Waals surface area contributed by atoms with Crippen molar-refractivity contribution in [2.75, 3.05) is 98.4 Å². The van der Waals surface area contributed by atoms with Crippen LogP contribution < -0.4 is 58.5 Å². The van der Waals surface area contributed by atoms with Crippen molar-refractivity contribution < 1.29 is 42.6 Å². The van der Waals surface area contributed by atoms with Gasteiger partial charge in [-0.05, 0) is 157 Å². The fourth-order valence-electron chi connectivity index (χ4n) is 15.9. The van der Waals surface area contributed by atoms with Crippen molar-refractivity contribution in [3.05, 3.63) is 234 Å². The van der Waals surface area contributed by atoms with Gasteiger partial charge in [-0.1, -0.05) is 146 Å². The van der Waals surface area contributed by atoms with E-state index in [1.807, 2.05) is 91.0 Å². The number of benzene rings is 5. The Morgan fingerprint density at radius 2 is 0.850 bits per heavy atom. The van der Waals surface area contributed by atoms with Gasteiger partial charge in [0.2, 0.25) is 17.6 Å². The third kappa shape index (κ3) is 20.3. The summed E-state index contributed by atoms with van der Waals surface area (Å²) in [5.74, 6) is 6.28. The summed E-state index contributed by atoms with van der Waals surface area (Å²) in [6.45, 7) is 8.53. The van der Waals surface area contributed by atoms with E-state index in [0.717, 1.165) is 145 Å². The van der Waals surface area contributed by atoms with Crippen LogP contribution in [0.3, 0.4) is 0 Å². The Labute approximate surface area is 651 Å². The second kappa shape index (κ2) is 36.6. The summed E-state index contributed by atoms with van der Waals surface area (Å²) in [4.78, 5) is 41.4. The minimum absolute atomic E-state index is 0.00102. The highest BCUT2D eigenvalue weighted by Gasteiger charge is 2.42. The van der Waals surface area contributed by atoms with Crippen molar-refractivity contribution in [2.24, 2.45) is 0 Å². The van der Waals surface area contributed by atoms with Crippen LogP contribution in [0.1, 0.15) is 98.4 Å². The first-order valence-corrected chi connectivity index (χ1v) is 39.5. The summed E-state index contributed by atoms with van der Waals surface area (Å²) in [6.07, 6.45) is 16.1. The Morgan fingerprint density at radius 1 is 0.439 bits per heavy atom. The third-order valence-corrected chi connectivity index (χ3v) is 22.4. The summed E-state index contributed by atoms with van der Waals surface area (Å²) in [5.41, 5.74) is 9.26. The molecule has 8 saturated heterocycles. The summed E-state index contributed by atoms with van der Waals surface area (Å²) in [7, 11) is 4.98. The van der Waals surface area contributed by atoms with Gasteiger partial charge in [0.05, 0.1) is 77.6 Å². The number of fused-ring (bicyclic) bond motifs is 6. The Kier molecular flexibility index (Phi) is 25.8. The maximum atomic E-state index is 12.5. The first-order chi connectivity index (χ1) is 52.4. The smallest absolute Gasteiger partial charge is 0.251 e. The molecule has 12 heterocycles. The molecule has 0 unspecified atom stereocenters. The number of nitrogens with zero attached hydrogens (tertiary/aromatic N) is 8. The number of rotatable bonds is 21. The van der Waals surface area contributed by atoms with E-state index in [9.17, 15) is 4.79 Å². The molecular weight excluding hydrogens is 1500 g/mol. The first kappa shape index (κ1) is 75.3. The lowest BCUT2D eigenvalue weighted by Gasteiger charge is -2.34. The number of aromatic nitrogens is 4. The number of hydrogen-bond donors (Lipinski definition) is 1. The second-order valence-electron chi connectivity index (χ2n) is 28.7. The minimum Gasteiger partial charge on any atom is -0.497 e. The normalized spacial score (nSPS) is 21.8. The lowest BCUT2D eigenvalue weighted by molar-refractivity contribution is 0.0990. The molecule has 8 fully saturated rings. The van der Waals surface area contributed by atoms with E-state index in [1.54, 1.807) is 33.5 Å². The number of H-pyrrole nitrogens is 1. The number of pyridine rings is 4. The Balaban J connectivity index is 0.000000124. The second-order valence-corrected chi connectivity index (χ2v) is 30.7. The average molecular weight is 1600 g/mol. The van der Waals surface area contributed by atoms with Crippen LogP contribution in [0.4, 0.5) is 28.7 Å². The molecule has 9 aromatic rings. The molecule has 8 aliphatic rings. The van der Waals surface area contributed by atoms with E-state index >= 15 is 0 Å². The van der Waals surface area contributed by atoms with Gasteiger partial charge < -0.3 is 72.1 Å². The van der Waals surface area contributed by atoms with Gasteiger partial charge in [0.25, 0.3) is 5.56 Å². The maximum Gasteiger partial charge on any atom is 0.251 e. The standard InChI is InChI=1S/C31H37N3O3.C23H29N3O2.C18H19ClN2O3.C13H11ClINO2/c1-35-28-13-11-24(12-14-28)21-37-31-19-26(34-20-29-17-27(34)22-36-29)18-30(32-31)33-15-7-3-6-10-25(33)16-23-8-4-2-5-9-23;27-23-14-19(26-15-21-12-20(26)16-28-21)13-22(24-23)25-10-6-2-5-9-18(25)11-17-7-3-1-4-8-17;1-22-15-4-2-12(3-5-15)10-24-18-8-13(7-17(19)20-18)21-9-16-6-14(21)11-23-16;1-17-11-4-2-9(3-5-11)8-18-13-7-10(15)6-12(14)16-13/h2,4-5,8-9,11-14,18-19,25,27,29H,3,6-7,10,15-17,20-22H2,1H3;1,3-4,7-8,13-14,18,20-21H,2,5-6,9-12,15-16H2,(H,24,27);2-5,7-8,14,16H,6,9-11H2,1H3;2-7H,8H2,1H3/t25-,27+,29+;18-,20+,21+;14-,16-;/m110./s1. The highest BCUT2D eigenvalue weighted by atomic mass is 127. The molecule has 107 heavy (non-hydrogen) atoms. The van der Waals surface area contributed by atoms with E-state index in [1.165, 1.54) is 68.2 Å². The molecule has 8 atom stereocenters. The van der Waals surface area contributed by atoms with Crippen LogP contribution in [-0.2, 0) is 46.9 Å². The highest BCUT2D eigenvalue weighted by Crippen LogP contribution is 2.40. The molecular formula is C85H96Cl2IN9O10. The molecule has 6 bridgehead atoms. The average Bonchev–Trinajstić information content (AvgIpc) is 1.68. The van der Waals surface area contributed by atoms with Crippen molar-refractivity contribution in [3.8, 4) is 34.9 Å². The van der Waals surface area contributed by atoms with Crippen LogP contribution in [0.2, 0.25) is 10.3 Å². The maximum absolute atomic E-state index is 12.5. The number of hydrogen-bond acceptors (Lipinski definition) is 18. The van der Waals surface area contributed by atoms with Crippen LogP contribution in [0, 0.1) is 3.57 Å². The number of anilines is 5. The number of aromatic amines is 1. The van der Waals surface area contributed by atoms with E-state index in [4.69, 9.17) is 70.8 Å². The molecule has 0 saturated carbocycles. The van der Waals surface area contributed by atoms with Gasteiger partial charge in [-0.15, -0.1) is 0 Å². The van der Waals surface area contributed by atoms with Crippen molar-refractivity contribution in [3.63, 3.8) is 0 Å². The molecule has 0 amide bonds. The molecule has 4 aromatic heterocycles. The predicted molar refractivity (Wildman–Crippen MR) is 430 cm³/mol. The molecule has 1 N–H and O–H groups in total. The van der Waals surface area contributed by atoms with Crippen molar-refractivity contribution >= 4 is 74.5 Å². The van der Waals surface area contributed by atoms with Crippen molar-refractivity contribution in [1.29, 1.82) is 0 Å². The fourth-order valence-corrected chi connectivity index (χ4v) is 17.0. The van der Waals surface area contributed by atoms with Crippen LogP contribution in [0.25, 0.3) is 0 Å². The topological polar surface area (TPSA) is 171 Å². The summed E-state index contributed by atoms with van der Waals surface area (Å²) in [6, 6.07) is 63.1. The van der Waals surface area contributed by atoms with Crippen LogP contribution >= 0.6 is 45.8 Å². The zero-order valence-corrected chi connectivity index (χ0v) is 64.9. The number of ether oxygens (including phenoxy) is 9. The third-order valence-electron chi connectivity index (χ3n) is 21.4. The van der Waals surface area contributed by atoms with E-state index in [-0.39, 0.29) is 5.56 Å². The Morgan fingerprint density at radius 3 is 1.28 bits per heavy atom. The van der Waals surface area contributed by atoms with Gasteiger partial charge in [0, 0.05) is 102 Å². The first-order valence-electron chi connectivity index (χ1n) is 37.7. The zero-order chi connectivity index (χ0) is 73.4. The number of halogens is 3. The molecule has 0 spiro atoms. The fraction of sp³-hybridized carbons (Fsp3) is 0.412. The molecule has 0 radical (unpaired) electrons. The van der Waals surface area contributed by atoms with Crippen molar-refractivity contribution in [2.45, 2.75) is 152 Å². The predicted octanol–water partition coefficient (Wildman–Crippen LogP) is 16.2. The molecule has 8 aliphatic heterocycles. The van der Waals surface area contributed by atoms with Gasteiger partial charge in [-0.25, -0.2) is 9.97 Å². The number of methoxy groups -OCH3 is 3. The summed E-state index contributed by atoms with van der Waals surface area (Å²) >= 11 is 14.2. The van der Waals surface area contributed by atoms with Gasteiger partial charge in [0.15, 0.2) is 0 Å². The highest BCUT2D eigenvalue weighted by molar-refractivity contribution is 14.1. The lowest BCUT2D eigenvalue weighted by atomic mass is 10.0. The lowest BCUT2D eigenvalue weighted by Crippen LogP contribution is -2.40. The molecule has 5 aromatic carbocycles. The largest absolute Gasteiger partial charge is 0.497 e. The van der Waals surface area contributed by atoms with Gasteiger partial charge >= 0.3 is 0 Å². The molecule has 562 valence electrons. The van der Waals surface area contributed by atoms with Gasteiger partial charge in [-0.2, -0.15) is 4.98 Å². The SMILES string of the molecule is COc1ccc(COc2cc(I)cc(Cl)n2)cc1.COc1ccc(COc2cc(N3C[C@@H]4C[C@H]3CO4)cc(Cl)n2)cc1.COc1ccc(COc2cc(N3C[C@@H]4C[C@H]3CO4)cc(N3CCCCC[C@@H]3Cc3ccccc3)n2)cc1.O=c1cc(N2C[C@@H]3C[C@H]2CO3)cc(N2CCCCC[C@@H]2Cc2ccccc2)[nH]1. The Bertz CT molecular complexity index is 4370. The summed E-state index contributed by atoms with van der Waals surface area (Å²) < 4.78 is 51.6. The zero-order valence-electron chi connectivity index (χ0n) is 61.2.